The van der Waals surface area contributed by atoms with Crippen molar-refractivity contribution in [2.24, 2.45) is 4.99 Å². The lowest BCUT2D eigenvalue weighted by Crippen LogP contribution is -2.37. The molecule has 124 valence electrons. The maximum atomic E-state index is 13.3. The van der Waals surface area contributed by atoms with Crippen molar-refractivity contribution < 1.29 is 4.39 Å². The third-order valence-electron chi connectivity index (χ3n) is 3.21. The highest BCUT2D eigenvalue weighted by Gasteiger charge is 2.05. The van der Waals surface area contributed by atoms with Crippen LogP contribution in [0, 0.1) is 5.82 Å². The number of hydrogen-bond donors (Lipinski definition) is 2. The Morgan fingerprint density at radius 3 is 2.64 bits per heavy atom. The minimum absolute atomic E-state index is 0.177. The fourth-order valence-corrected chi connectivity index (χ4v) is 3.11. The van der Waals surface area contributed by atoms with Gasteiger partial charge in [0.05, 0.1) is 0 Å². The lowest BCUT2D eigenvalue weighted by atomic mass is 10.1. The van der Waals surface area contributed by atoms with Gasteiger partial charge < -0.3 is 10.6 Å². The minimum Gasteiger partial charge on any atom is -0.356 e. The minimum atomic E-state index is -0.177. The van der Waals surface area contributed by atoms with Crippen molar-refractivity contribution in [3.8, 4) is 0 Å². The summed E-state index contributed by atoms with van der Waals surface area (Å²) in [5, 5.41) is 6.61. The molecule has 0 saturated heterocycles. The summed E-state index contributed by atoms with van der Waals surface area (Å²) >= 11 is 3.57. The van der Waals surface area contributed by atoms with E-state index in [4.69, 9.17) is 0 Å². The summed E-state index contributed by atoms with van der Waals surface area (Å²) in [5.74, 6) is 2.63. The zero-order valence-corrected chi connectivity index (χ0v) is 15.2. The lowest BCUT2D eigenvalue weighted by molar-refractivity contribution is 0.625. The Kier molecular flexibility index (Phi) is 10.2. The molecule has 0 spiro atoms. The maximum Gasteiger partial charge on any atom is 0.191 e. The molecule has 2 N–H and O–H groups in total. The van der Waals surface area contributed by atoms with Crippen LogP contribution in [0.2, 0.25) is 0 Å². The van der Waals surface area contributed by atoms with Gasteiger partial charge >= 0.3 is 0 Å². The van der Waals surface area contributed by atoms with E-state index in [9.17, 15) is 4.39 Å². The summed E-state index contributed by atoms with van der Waals surface area (Å²) in [4.78, 5) is 4.22. The highest BCUT2D eigenvalue weighted by Crippen LogP contribution is 2.16. The second-order valence-electron chi connectivity index (χ2n) is 4.90. The Morgan fingerprint density at radius 1 is 1.14 bits per heavy atom. The Balaban J connectivity index is 2.46. The van der Waals surface area contributed by atoms with Crippen molar-refractivity contribution in [1.82, 2.24) is 10.6 Å². The molecule has 0 fully saturated rings. The number of guanidine groups is 1. The average molecular weight is 344 g/mol. The monoisotopic (exact) mass is 343 g/mol. The molecule has 0 unspecified atom stereocenters. The van der Waals surface area contributed by atoms with Crippen molar-refractivity contribution in [2.75, 3.05) is 31.9 Å². The molecule has 6 heteroatoms. The number of halogens is 1. The second-order valence-corrected chi connectivity index (χ2v) is 6.75. The van der Waals surface area contributed by atoms with Gasteiger partial charge in [-0.25, -0.2) is 4.39 Å². The van der Waals surface area contributed by atoms with E-state index in [1.807, 2.05) is 24.1 Å². The van der Waals surface area contributed by atoms with Crippen LogP contribution in [0.5, 0.6) is 0 Å². The molecule has 0 saturated carbocycles. The van der Waals surface area contributed by atoms with E-state index in [0.717, 1.165) is 35.8 Å². The molecule has 0 aromatic heterocycles. The van der Waals surface area contributed by atoms with Crippen LogP contribution in [0.15, 0.2) is 23.2 Å². The van der Waals surface area contributed by atoms with Crippen molar-refractivity contribution in [2.45, 2.75) is 25.1 Å². The number of nitrogens with one attached hydrogen (secondary N) is 2. The molecule has 0 radical (unpaired) electrons. The molecular weight excluding hydrogens is 317 g/mol. The predicted octanol–water partition coefficient (Wildman–Crippen LogP) is 3.50. The fraction of sp³-hybridized carbons (Fsp3) is 0.562. The summed E-state index contributed by atoms with van der Waals surface area (Å²) in [7, 11) is 1.77. The molecule has 0 heterocycles. The summed E-state index contributed by atoms with van der Waals surface area (Å²) in [5.41, 5.74) is 2.15. The predicted molar refractivity (Wildman–Crippen MR) is 99.4 cm³/mol. The van der Waals surface area contributed by atoms with Gasteiger partial charge in [0.2, 0.25) is 0 Å². The number of unbranched alkanes of at least 4 members (excludes halogenated alkanes) is 1. The van der Waals surface area contributed by atoms with Crippen LogP contribution in [0.25, 0.3) is 0 Å². The van der Waals surface area contributed by atoms with E-state index in [2.05, 4.69) is 21.9 Å². The number of nitrogens with zero attached hydrogens (tertiary/aromatic N) is 1. The number of benzene rings is 1. The normalized spacial score (nSPS) is 11.5. The van der Waals surface area contributed by atoms with Gasteiger partial charge in [0, 0.05) is 25.9 Å². The van der Waals surface area contributed by atoms with E-state index < -0.39 is 0 Å². The van der Waals surface area contributed by atoms with Crippen LogP contribution in [0.1, 0.15) is 24.0 Å². The molecule has 0 amide bonds. The van der Waals surface area contributed by atoms with Gasteiger partial charge in [-0.3, -0.25) is 4.99 Å². The number of hydrogen-bond acceptors (Lipinski definition) is 3. The smallest absolute Gasteiger partial charge is 0.191 e. The molecule has 0 aliphatic rings. The average Bonchev–Trinajstić information content (AvgIpc) is 2.52. The molecule has 0 aliphatic heterocycles. The Morgan fingerprint density at radius 2 is 1.95 bits per heavy atom. The molecule has 0 aliphatic carbocycles. The first-order chi connectivity index (χ1) is 10.7. The van der Waals surface area contributed by atoms with E-state index in [0.29, 0.717) is 6.54 Å². The zero-order valence-electron chi connectivity index (χ0n) is 13.6. The van der Waals surface area contributed by atoms with Gasteiger partial charge in [-0.1, -0.05) is 6.07 Å². The van der Waals surface area contributed by atoms with Gasteiger partial charge in [-0.2, -0.15) is 23.5 Å². The van der Waals surface area contributed by atoms with Crippen molar-refractivity contribution in [3.63, 3.8) is 0 Å². The van der Waals surface area contributed by atoms with Crippen LogP contribution < -0.4 is 10.6 Å². The van der Waals surface area contributed by atoms with Crippen molar-refractivity contribution in [1.29, 1.82) is 0 Å². The first-order valence-corrected chi connectivity index (χ1v) is 10.2. The molecule has 3 nitrogen and oxygen atoms in total. The topological polar surface area (TPSA) is 36.4 Å². The van der Waals surface area contributed by atoms with E-state index in [1.165, 1.54) is 18.2 Å². The maximum absolute atomic E-state index is 13.3. The van der Waals surface area contributed by atoms with Crippen molar-refractivity contribution >= 4 is 29.5 Å². The number of aliphatic imine (C=N–C) groups is 1. The molecule has 0 bridgehead atoms. The highest BCUT2D eigenvalue weighted by molar-refractivity contribution is 7.98. The van der Waals surface area contributed by atoms with E-state index in [1.54, 1.807) is 24.9 Å². The standard InChI is InChI=1S/C16H26FN3S2/c1-18-16(19-8-4-5-9-21-2)20-11-13-6-7-15(17)10-14(13)12-22-3/h6-7,10H,4-5,8-9,11-12H2,1-3H3,(H2,18,19,20). The lowest BCUT2D eigenvalue weighted by Gasteiger charge is -2.14. The summed E-state index contributed by atoms with van der Waals surface area (Å²) in [6, 6.07) is 4.98. The third kappa shape index (κ3) is 7.40. The molecular formula is C16H26FN3S2. The first-order valence-electron chi connectivity index (χ1n) is 7.41. The molecule has 1 aromatic carbocycles. The van der Waals surface area contributed by atoms with Crippen LogP contribution in [-0.4, -0.2) is 37.8 Å². The highest BCUT2D eigenvalue weighted by atomic mass is 32.2. The van der Waals surface area contributed by atoms with Gasteiger partial charge in [0.1, 0.15) is 5.82 Å². The quantitative estimate of drug-likeness (QED) is 0.409. The molecule has 22 heavy (non-hydrogen) atoms. The van der Waals surface area contributed by atoms with E-state index >= 15 is 0 Å². The fourth-order valence-electron chi connectivity index (χ4n) is 2.03. The summed E-state index contributed by atoms with van der Waals surface area (Å²) < 4.78 is 13.3. The van der Waals surface area contributed by atoms with Crippen LogP contribution in [0.3, 0.4) is 0 Å². The zero-order chi connectivity index (χ0) is 16.2. The first kappa shape index (κ1) is 19.2. The van der Waals surface area contributed by atoms with Crippen LogP contribution in [-0.2, 0) is 12.3 Å². The Labute approximate surface area is 141 Å². The molecule has 1 aromatic rings. The third-order valence-corrected chi connectivity index (χ3v) is 4.50. The molecule has 1 rings (SSSR count). The van der Waals surface area contributed by atoms with Gasteiger partial charge in [0.15, 0.2) is 5.96 Å². The Hall–Kier alpha value is -0.880. The van der Waals surface area contributed by atoms with Gasteiger partial charge in [0.25, 0.3) is 0 Å². The SMILES string of the molecule is CN=C(NCCCCSC)NCc1ccc(F)cc1CSC. The number of thioether (sulfide) groups is 2. The van der Waals surface area contributed by atoms with E-state index in [-0.39, 0.29) is 5.82 Å². The van der Waals surface area contributed by atoms with Crippen LogP contribution >= 0.6 is 23.5 Å². The van der Waals surface area contributed by atoms with Crippen molar-refractivity contribution in [3.05, 3.63) is 35.1 Å². The largest absolute Gasteiger partial charge is 0.356 e. The van der Waals surface area contributed by atoms with Crippen LogP contribution in [0.4, 0.5) is 4.39 Å². The summed E-state index contributed by atoms with van der Waals surface area (Å²) in [6.45, 7) is 1.57. The second kappa shape index (κ2) is 11.7. The summed E-state index contributed by atoms with van der Waals surface area (Å²) in [6.07, 6.45) is 6.50. The van der Waals surface area contributed by atoms with Gasteiger partial charge in [-0.15, -0.1) is 0 Å². The molecule has 0 atom stereocenters. The Bertz CT molecular complexity index is 467. The van der Waals surface area contributed by atoms with Gasteiger partial charge in [-0.05, 0) is 54.4 Å². The number of rotatable bonds is 9.